The molecular formula is C75H56BrN. The Bertz CT molecular complexity index is 4790. The van der Waals surface area contributed by atoms with Crippen LogP contribution in [0.25, 0.3) is 44.5 Å². The summed E-state index contributed by atoms with van der Waals surface area (Å²) in [5.74, 6) is 0. The van der Waals surface area contributed by atoms with Crippen molar-refractivity contribution in [1.82, 2.24) is 0 Å². The Morgan fingerprint density at radius 3 is 1.10 bits per heavy atom. The van der Waals surface area contributed by atoms with Crippen molar-refractivity contribution in [3.05, 3.63) is 375 Å². The molecule has 0 aliphatic heterocycles. The molecule has 368 valence electrons. The van der Waals surface area contributed by atoms with Crippen molar-refractivity contribution in [2.45, 2.75) is 17.3 Å². The second-order valence-corrected chi connectivity index (χ2v) is 19.3. The Hall–Kier alpha value is -9.08. The maximum Gasteiger partial charge on any atom is 0.0714 e. The Labute approximate surface area is 487 Å². The summed E-state index contributed by atoms with van der Waals surface area (Å²) in [7, 11) is 0. The lowest BCUT2D eigenvalue weighted by Gasteiger charge is -2.34. The quantitative estimate of drug-likeness (QED) is 0.151. The van der Waals surface area contributed by atoms with Gasteiger partial charge in [0.05, 0.1) is 35.5 Å². The number of fused-ring (bicyclic) bond motifs is 6. The molecule has 0 unspecified atom stereocenters. The Morgan fingerprint density at radius 2 is 0.662 bits per heavy atom. The van der Waals surface area contributed by atoms with Crippen LogP contribution in [-0.2, 0) is 17.3 Å². The molecule has 0 amide bonds. The van der Waals surface area contributed by atoms with E-state index in [1.54, 1.807) is 0 Å². The number of anilines is 1. The highest BCUT2D eigenvalue weighted by molar-refractivity contribution is 9.10. The zero-order chi connectivity index (χ0) is 67.7. The molecule has 0 saturated carbocycles. The van der Waals surface area contributed by atoms with Gasteiger partial charge in [0.25, 0.3) is 0 Å². The van der Waals surface area contributed by atoms with E-state index in [4.69, 9.17) is 30.4 Å². The Balaban J connectivity index is 0.000000151. The van der Waals surface area contributed by atoms with Gasteiger partial charge in [0.2, 0.25) is 0 Å². The minimum Gasteiger partial charge on any atom is -0.399 e. The van der Waals surface area contributed by atoms with E-state index in [1.165, 1.54) is 33.4 Å². The number of nitrogen functional groups attached to an aromatic ring is 1. The number of hydrogen-bond donors (Lipinski definition) is 1. The zero-order valence-corrected chi connectivity index (χ0v) is 42.9. The molecule has 1 nitrogen and oxygen atoms in total. The molecule has 12 aromatic rings. The average molecular weight is 1070 g/mol. The third kappa shape index (κ3) is 9.22. The molecule has 2 N–H and O–H groups in total. The van der Waals surface area contributed by atoms with E-state index in [0.717, 1.165) is 44.6 Å². The molecule has 0 atom stereocenters. The molecule has 0 spiro atoms. The summed E-state index contributed by atoms with van der Waals surface area (Å²) in [6.45, 7) is 0. The molecule has 2 heteroatoms. The van der Waals surface area contributed by atoms with Crippen LogP contribution in [0.5, 0.6) is 0 Å². The van der Waals surface area contributed by atoms with Crippen LogP contribution in [0.2, 0.25) is 0 Å². The maximum absolute atomic E-state index is 8.92. The second-order valence-electron chi connectivity index (χ2n) is 18.5. The Kier molecular flexibility index (Phi) is 9.10. The number of benzene rings is 12. The largest absolute Gasteiger partial charge is 0.399 e. The van der Waals surface area contributed by atoms with Crippen LogP contribution < -0.4 is 5.73 Å². The van der Waals surface area contributed by atoms with Crippen LogP contribution in [0.15, 0.2) is 319 Å². The van der Waals surface area contributed by atoms with Gasteiger partial charge in [-0.3, -0.25) is 0 Å². The van der Waals surface area contributed by atoms with Crippen LogP contribution in [-0.4, -0.2) is 0 Å². The SMILES string of the molecule is Nc1ccc2c(c1)C(c1ccccc1)(c1ccccc1)c1ccccc1-2.[2H]c1c([2H])c([2H])c(-c2c([2H])c([2H])c(Br)c([2H])c2[2H])c([2H])c1[2H].[2H]c1c([2H])c([2H])c(-c2c([2H])c([2H])c(Cc3ccc4c(c3)C(c3ccccc3)(c3ccccc3)c3ccccc3-4)c([2H])c2[2H])c([2H])c1[2H]. The smallest absolute Gasteiger partial charge is 0.0714 e. The van der Waals surface area contributed by atoms with Crippen LogP contribution in [0.3, 0.4) is 0 Å². The first-order valence-corrected chi connectivity index (χ1v) is 25.8. The molecule has 0 aromatic heterocycles. The molecule has 0 fully saturated rings. The van der Waals surface area contributed by atoms with E-state index in [1.807, 2.05) is 60.7 Å². The fourth-order valence-corrected chi connectivity index (χ4v) is 11.2. The monoisotopic (exact) mass is 1070 g/mol. The highest BCUT2D eigenvalue weighted by Crippen LogP contribution is 2.58. The van der Waals surface area contributed by atoms with Crippen molar-refractivity contribution in [2.75, 3.05) is 5.73 Å². The van der Waals surface area contributed by atoms with Crippen molar-refractivity contribution in [3.8, 4) is 44.5 Å². The van der Waals surface area contributed by atoms with Crippen molar-refractivity contribution in [3.63, 3.8) is 0 Å². The van der Waals surface area contributed by atoms with Crippen molar-refractivity contribution >= 4 is 21.6 Å². The summed E-state index contributed by atoms with van der Waals surface area (Å²) in [6.07, 6.45) is 0.0967. The fraction of sp³-hybridized carbons (Fsp3) is 0.0400. The molecule has 0 heterocycles. The molecular weight excluding hydrogens is 995 g/mol. The van der Waals surface area contributed by atoms with E-state index in [0.29, 0.717) is 0 Å². The summed E-state index contributed by atoms with van der Waals surface area (Å²) in [4.78, 5) is 0. The summed E-state index contributed by atoms with van der Waals surface area (Å²) in [6, 6.07) is 62.7. The Morgan fingerprint density at radius 1 is 0.312 bits per heavy atom. The predicted molar refractivity (Wildman–Crippen MR) is 326 cm³/mol. The molecule has 0 bridgehead atoms. The second kappa shape index (κ2) is 21.6. The summed E-state index contributed by atoms with van der Waals surface area (Å²) >= 11 is 2.95. The van der Waals surface area contributed by atoms with E-state index in [-0.39, 0.29) is 68.3 Å². The lowest BCUT2D eigenvalue weighted by Crippen LogP contribution is -2.28. The molecule has 0 saturated heterocycles. The number of nitrogens with two attached hydrogens (primary N) is 1. The number of halogens is 1. The summed E-state index contributed by atoms with van der Waals surface area (Å²) in [5, 5.41) is 0. The highest BCUT2D eigenvalue weighted by Gasteiger charge is 2.47. The van der Waals surface area contributed by atoms with Crippen molar-refractivity contribution in [1.29, 1.82) is 0 Å². The van der Waals surface area contributed by atoms with E-state index in [9.17, 15) is 0 Å². The van der Waals surface area contributed by atoms with Gasteiger partial charge in [-0.25, -0.2) is 0 Å². The number of rotatable bonds is 8. The van der Waals surface area contributed by atoms with Crippen LogP contribution in [0.4, 0.5) is 5.69 Å². The van der Waals surface area contributed by atoms with Crippen molar-refractivity contribution in [2.24, 2.45) is 0 Å². The molecule has 2 aliphatic carbocycles. The van der Waals surface area contributed by atoms with Gasteiger partial charge in [0, 0.05) is 10.2 Å². The fourth-order valence-electron chi connectivity index (χ4n) is 11.0. The lowest BCUT2D eigenvalue weighted by atomic mass is 9.67. The van der Waals surface area contributed by atoms with Crippen LogP contribution in [0, 0.1) is 0 Å². The van der Waals surface area contributed by atoms with Gasteiger partial charge < -0.3 is 5.73 Å². The maximum atomic E-state index is 8.92. The average Bonchev–Trinajstić information content (AvgIpc) is 1.56. The predicted octanol–water partition coefficient (Wildman–Crippen LogP) is 19.1. The normalized spacial score (nSPS) is 16.1. The summed E-state index contributed by atoms with van der Waals surface area (Å²) < 4.78 is 146. The minimum absolute atomic E-state index is 0.0429. The first-order chi connectivity index (χ1) is 45.5. The van der Waals surface area contributed by atoms with E-state index < -0.39 is 90.0 Å². The highest BCUT2D eigenvalue weighted by atomic mass is 79.9. The number of hydrogen-bond acceptors (Lipinski definition) is 1. The van der Waals surface area contributed by atoms with Gasteiger partial charge in [-0.2, -0.15) is 0 Å². The van der Waals surface area contributed by atoms with Crippen molar-refractivity contribution < 1.29 is 24.7 Å². The standard InChI is InChI=1S/C38H28.C25H19N.C12H9Br/c1-4-12-30(13-5-1)31-23-20-28(21-24-31)26-29-22-25-35-34-18-10-11-19-36(34)38(37(35)27-29,32-14-6-2-7-15-32)33-16-8-3-9-17-33;26-20-15-16-22-21-13-7-8-14-23(21)25(24(22)17-20,18-9-3-1-4-10-18)19-11-5-2-6-12-19;13-12-8-6-11(7-9-12)10-4-2-1-3-5-10/h1-25,27H,26H2;1-17H,26H2;1-9H/i1D,4D,5D,12D,13D,20D,21D,23D,24D;;1D,2D,3D,4D,5D,6D,7D,8D,9D. The first-order valence-electron chi connectivity index (χ1n) is 34.0. The van der Waals surface area contributed by atoms with Crippen LogP contribution >= 0.6 is 15.9 Å². The molecule has 12 aromatic carbocycles. The van der Waals surface area contributed by atoms with E-state index in [2.05, 4.69) is 162 Å². The lowest BCUT2D eigenvalue weighted by molar-refractivity contribution is 0.767. The third-order valence-corrected chi connectivity index (χ3v) is 14.6. The summed E-state index contributed by atoms with van der Waals surface area (Å²) in [5.41, 5.74) is 20.0. The van der Waals surface area contributed by atoms with Gasteiger partial charge >= 0.3 is 0 Å². The van der Waals surface area contributed by atoms with Gasteiger partial charge in [0.1, 0.15) is 0 Å². The van der Waals surface area contributed by atoms with Gasteiger partial charge in [-0.1, -0.05) is 307 Å². The van der Waals surface area contributed by atoms with Gasteiger partial charge in [0.15, 0.2) is 0 Å². The molecule has 14 rings (SSSR count). The molecule has 2 aliphatic rings. The molecule has 77 heavy (non-hydrogen) atoms. The van der Waals surface area contributed by atoms with Gasteiger partial charge in [-0.15, -0.1) is 0 Å². The van der Waals surface area contributed by atoms with E-state index >= 15 is 0 Å². The molecule has 0 radical (unpaired) electrons. The minimum atomic E-state index is -0.635. The first kappa shape index (κ1) is 32.4. The topological polar surface area (TPSA) is 26.0 Å². The zero-order valence-electron chi connectivity index (χ0n) is 59.3. The van der Waals surface area contributed by atoms with Crippen LogP contribution in [0.1, 0.15) is 80.3 Å². The third-order valence-electron chi connectivity index (χ3n) is 14.2. The van der Waals surface area contributed by atoms with Gasteiger partial charge in [-0.05, 0) is 131 Å².